The molecular formula is C6H3F9. The van der Waals surface area contributed by atoms with E-state index in [-0.39, 0.29) is 0 Å². The van der Waals surface area contributed by atoms with Crippen LogP contribution in [0.3, 0.4) is 0 Å². The predicted octanol–water partition coefficient (Wildman–Crippen LogP) is 3.64. The Bertz CT molecular complexity index is 249. The third-order valence-corrected chi connectivity index (χ3v) is 1.34. The van der Waals surface area contributed by atoms with Crippen LogP contribution in [0.1, 0.15) is 0 Å². The minimum absolute atomic E-state index is 1.64. The SMILES string of the molecule is FCC(F)(F)C(F)(F)C(F)(F)C=C(F)F. The number of rotatable bonds is 4. The van der Waals surface area contributed by atoms with Gasteiger partial charge in [-0.05, 0) is 0 Å². The van der Waals surface area contributed by atoms with E-state index >= 15 is 0 Å². The Balaban J connectivity index is 5.27. The van der Waals surface area contributed by atoms with Gasteiger partial charge in [0.05, 0.1) is 6.08 Å². The first-order valence-corrected chi connectivity index (χ1v) is 3.21. The van der Waals surface area contributed by atoms with Crippen molar-refractivity contribution in [3.63, 3.8) is 0 Å². The molecule has 0 radical (unpaired) electrons. The van der Waals surface area contributed by atoms with Crippen molar-refractivity contribution in [3.05, 3.63) is 12.2 Å². The first-order valence-electron chi connectivity index (χ1n) is 3.21. The molecule has 0 nitrogen and oxygen atoms in total. The van der Waals surface area contributed by atoms with Gasteiger partial charge in [-0.25, -0.2) is 4.39 Å². The Morgan fingerprint density at radius 1 is 0.933 bits per heavy atom. The largest absolute Gasteiger partial charge is 0.378 e. The molecule has 0 fully saturated rings. The minimum atomic E-state index is -6.22. The highest BCUT2D eigenvalue weighted by molar-refractivity contribution is 5.08. The molecule has 0 rings (SSSR count). The van der Waals surface area contributed by atoms with Crippen LogP contribution >= 0.6 is 0 Å². The van der Waals surface area contributed by atoms with E-state index in [0.717, 1.165) is 0 Å². The lowest BCUT2D eigenvalue weighted by atomic mass is 10.1. The van der Waals surface area contributed by atoms with Crippen molar-refractivity contribution in [2.24, 2.45) is 0 Å². The number of allylic oxidation sites excluding steroid dienone is 1. The fourth-order valence-electron chi connectivity index (χ4n) is 0.555. The fourth-order valence-corrected chi connectivity index (χ4v) is 0.555. The molecule has 0 aliphatic heterocycles. The lowest BCUT2D eigenvalue weighted by Crippen LogP contribution is -2.54. The van der Waals surface area contributed by atoms with Crippen LogP contribution in [-0.4, -0.2) is 24.4 Å². The van der Waals surface area contributed by atoms with Crippen LogP contribution in [-0.2, 0) is 0 Å². The molecule has 15 heavy (non-hydrogen) atoms. The summed E-state index contributed by atoms with van der Waals surface area (Å²) in [5.41, 5.74) is 0. The molecule has 0 aromatic rings. The minimum Gasteiger partial charge on any atom is -0.244 e. The molecule has 0 amide bonds. The zero-order chi connectivity index (χ0) is 12.5. The first-order chi connectivity index (χ1) is 6.48. The van der Waals surface area contributed by atoms with E-state index in [9.17, 15) is 39.5 Å². The van der Waals surface area contributed by atoms with Gasteiger partial charge < -0.3 is 0 Å². The zero-order valence-electron chi connectivity index (χ0n) is 6.69. The van der Waals surface area contributed by atoms with Crippen molar-refractivity contribution < 1.29 is 39.5 Å². The highest BCUT2D eigenvalue weighted by Crippen LogP contribution is 2.47. The molecule has 0 N–H and O–H groups in total. The Kier molecular flexibility index (Phi) is 3.70. The van der Waals surface area contributed by atoms with Crippen LogP contribution in [0.2, 0.25) is 0 Å². The lowest BCUT2D eigenvalue weighted by Gasteiger charge is -2.28. The van der Waals surface area contributed by atoms with Crippen LogP contribution in [0.15, 0.2) is 12.2 Å². The Morgan fingerprint density at radius 3 is 1.60 bits per heavy atom. The maximum absolute atomic E-state index is 12.2. The van der Waals surface area contributed by atoms with Gasteiger partial charge in [0.2, 0.25) is 0 Å². The van der Waals surface area contributed by atoms with Gasteiger partial charge in [-0.1, -0.05) is 0 Å². The van der Waals surface area contributed by atoms with Crippen molar-refractivity contribution in [1.82, 2.24) is 0 Å². The highest BCUT2D eigenvalue weighted by atomic mass is 19.3. The van der Waals surface area contributed by atoms with Gasteiger partial charge >= 0.3 is 17.8 Å². The molecule has 0 aliphatic carbocycles. The summed E-state index contributed by atoms with van der Waals surface area (Å²) in [4.78, 5) is 0. The fraction of sp³-hybridized carbons (Fsp3) is 0.667. The average Bonchev–Trinajstić information content (AvgIpc) is 2.01. The lowest BCUT2D eigenvalue weighted by molar-refractivity contribution is -0.295. The Morgan fingerprint density at radius 2 is 1.33 bits per heavy atom. The van der Waals surface area contributed by atoms with Crippen molar-refractivity contribution >= 4 is 0 Å². The second-order valence-electron chi connectivity index (χ2n) is 2.47. The third-order valence-electron chi connectivity index (χ3n) is 1.34. The van der Waals surface area contributed by atoms with Gasteiger partial charge in [0.15, 0.2) is 6.67 Å². The summed E-state index contributed by atoms with van der Waals surface area (Å²) in [6, 6.07) is 0. The highest BCUT2D eigenvalue weighted by Gasteiger charge is 2.71. The molecule has 0 saturated carbocycles. The van der Waals surface area contributed by atoms with Crippen LogP contribution in [0.25, 0.3) is 0 Å². The molecule has 0 bridgehead atoms. The number of hydrogen-bond donors (Lipinski definition) is 0. The molecule has 9 heteroatoms. The Labute approximate surface area is 77.4 Å². The molecule has 0 atom stereocenters. The van der Waals surface area contributed by atoms with Crippen LogP contribution in [0.5, 0.6) is 0 Å². The average molecular weight is 246 g/mol. The molecule has 0 unspecified atom stereocenters. The third kappa shape index (κ3) is 2.57. The normalized spacial score (nSPS) is 13.9. The van der Waals surface area contributed by atoms with Gasteiger partial charge in [0, 0.05) is 0 Å². The Hall–Kier alpha value is -0.890. The maximum Gasteiger partial charge on any atom is 0.378 e. The number of hydrogen-bond acceptors (Lipinski definition) is 0. The van der Waals surface area contributed by atoms with Crippen molar-refractivity contribution in [3.8, 4) is 0 Å². The van der Waals surface area contributed by atoms with Gasteiger partial charge in [-0.15, -0.1) is 0 Å². The van der Waals surface area contributed by atoms with E-state index in [4.69, 9.17) is 0 Å². The van der Waals surface area contributed by atoms with E-state index in [2.05, 4.69) is 0 Å². The zero-order valence-corrected chi connectivity index (χ0v) is 6.69. The second-order valence-corrected chi connectivity index (χ2v) is 2.47. The topological polar surface area (TPSA) is 0 Å². The predicted molar refractivity (Wildman–Crippen MR) is 31.1 cm³/mol. The summed E-state index contributed by atoms with van der Waals surface area (Å²) in [6.45, 7) is -3.09. The molecule has 0 spiro atoms. The van der Waals surface area contributed by atoms with Gasteiger partial charge in [-0.2, -0.15) is 35.1 Å². The smallest absolute Gasteiger partial charge is 0.244 e. The van der Waals surface area contributed by atoms with E-state index in [1.54, 1.807) is 0 Å². The summed E-state index contributed by atoms with van der Waals surface area (Å²) in [5, 5.41) is 0. The van der Waals surface area contributed by atoms with Crippen LogP contribution < -0.4 is 0 Å². The van der Waals surface area contributed by atoms with E-state index < -0.39 is 36.6 Å². The molecule has 0 aromatic carbocycles. The summed E-state index contributed by atoms with van der Waals surface area (Å²) in [6.07, 6.45) is -4.91. The molecule has 90 valence electrons. The monoisotopic (exact) mass is 246 g/mol. The van der Waals surface area contributed by atoms with Crippen LogP contribution in [0, 0.1) is 0 Å². The second kappa shape index (κ2) is 3.93. The molecular weight excluding hydrogens is 243 g/mol. The number of alkyl halides is 7. The molecule has 0 aromatic heterocycles. The quantitative estimate of drug-likeness (QED) is 0.664. The standard InChI is InChI=1S/C6H3F9/c7-2-5(12,13)6(14,15)4(10,11)1-3(8)9/h1H,2H2. The number of halogens is 9. The summed E-state index contributed by atoms with van der Waals surface area (Å²) >= 11 is 0. The van der Waals surface area contributed by atoms with E-state index in [1.807, 2.05) is 0 Å². The molecule has 0 aliphatic rings. The molecule has 0 saturated heterocycles. The maximum atomic E-state index is 12.2. The van der Waals surface area contributed by atoms with Crippen molar-refractivity contribution in [1.29, 1.82) is 0 Å². The first kappa shape index (κ1) is 14.1. The molecule has 0 heterocycles. The summed E-state index contributed by atoms with van der Waals surface area (Å²) in [7, 11) is 0. The van der Waals surface area contributed by atoms with E-state index in [1.165, 1.54) is 0 Å². The van der Waals surface area contributed by atoms with Crippen LogP contribution in [0.4, 0.5) is 39.5 Å². The van der Waals surface area contributed by atoms with Crippen molar-refractivity contribution in [2.45, 2.75) is 17.8 Å². The van der Waals surface area contributed by atoms with E-state index in [0.29, 0.717) is 0 Å². The van der Waals surface area contributed by atoms with Gasteiger partial charge in [-0.3, -0.25) is 0 Å². The van der Waals surface area contributed by atoms with Gasteiger partial charge in [0.1, 0.15) is 0 Å². The van der Waals surface area contributed by atoms with Gasteiger partial charge in [0.25, 0.3) is 6.08 Å². The van der Waals surface area contributed by atoms with Crippen molar-refractivity contribution in [2.75, 3.05) is 6.67 Å². The summed E-state index contributed by atoms with van der Waals surface area (Å²) in [5.74, 6) is -17.8. The summed E-state index contributed by atoms with van der Waals surface area (Å²) < 4.78 is 107.